The third-order valence-electron chi connectivity index (χ3n) is 5.13. The molecule has 0 bridgehead atoms. The number of nitrogens with one attached hydrogen (secondary N) is 1. The fourth-order valence-corrected chi connectivity index (χ4v) is 4.06. The molecule has 112 valence electrons. The van der Waals surface area contributed by atoms with E-state index in [0.717, 1.165) is 0 Å². The van der Waals surface area contributed by atoms with Crippen LogP contribution < -0.4 is 5.32 Å². The highest BCUT2D eigenvalue weighted by atomic mass is 15.0. The second-order valence-electron chi connectivity index (χ2n) is 7.49. The average Bonchev–Trinajstić information content (AvgIpc) is 2.30. The molecule has 0 heterocycles. The van der Waals surface area contributed by atoms with E-state index in [1.807, 2.05) is 0 Å². The number of benzene rings is 1. The molecule has 2 rings (SSSR count). The van der Waals surface area contributed by atoms with Gasteiger partial charge in [0.25, 0.3) is 0 Å². The van der Waals surface area contributed by atoms with Gasteiger partial charge in [0.1, 0.15) is 0 Å². The zero-order valence-electron chi connectivity index (χ0n) is 14.1. The normalized spacial score (nSPS) is 23.6. The maximum Gasteiger partial charge on any atom is 0.0299 e. The Labute approximate surface area is 125 Å². The SMILES string of the molecule is Cc1cc(C)c(C(C)NC2CCCCC2(C)C)c(C)c1. The van der Waals surface area contributed by atoms with Crippen LogP contribution in [0.1, 0.15) is 74.8 Å². The van der Waals surface area contributed by atoms with E-state index < -0.39 is 0 Å². The molecule has 0 saturated heterocycles. The molecule has 2 unspecified atom stereocenters. The monoisotopic (exact) mass is 273 g/mol. The summed E-state index contributed by atoms with van der Waals surface area (Å²) < 4.78 is 0. The number of rotatable bonds is 3. The second-order valence-corrected chi connectivity index (χ2v) is 7.49. The summed E-state index contributed by atoms with van der Waals surface area (Å²) in [6, 6.07) is 5.71. The Balaban J connectivity index is 2.18. The van der Waals surface area contributed by atoms with Crippen molar-refractivity contribution in [1.82, 2.24) is 5.32 Å². The molecule has 1 aliphatic rings. The fourth-order valence-electron chi connectivity index (χ4n) is 4.06. The van der Waals surface area contributed by atoms with Gasteiger partial charge in [-0.1, -0.05) is 44.4 Å². The van der Waals surface area contributed by atoms with Gasteiger partial charge in [0.2, 0.25) is 0 Å². The Morgan fingerprint density at radius 3 is 2.25 bits per heavy atom. The number of hydrogen-bond acceptors (Lipinski definition) is 1. The van der Waals surface area contributed by atoms with E-state index in [1.54, 1.807) is 0 Å². The Morgan fingerprint density at radius 1 is 1.10 bits per heavy atom. The molecule has 20 heavy (non-hydrogen) atoms. The molecular formula is C19H31N. The first-order chi connectivity index (χ1) is 9.31. The van der Waals surface area contributed by atoms with E-state index in [0.29, 0.717) is 17.5 Å². The van der Waals surface area contributed by atoms with E-state index in [4.69, 9.17) is 0 Å². The topological polar surface area (TPSA) is 12.0 Å². The van der Waals surface area contributed by atoms with Crippen molar-refractivity contribution in [3.63, 3.8) is 0 Å². The zero-order chi connectivity index (χ0) is 14.9. The minimum absolute atomic E-state index is 0.430. The van der Waals surface area contributed by atoms with Crippen LogP contribution in [0.2, 0.25) is 0 Å². The lowest BCUT2D eigenvalue weighted by atomic mass is 9.73. The lowest BCUT2D eigenvalue weighted by molar-refractivity contribution is 0.157. The first kappa shape index (κ1) is 15.6. The van der Waals surface area contributed by atoms with Crippen molar-refractivity contribution < 1.29 is 0 Å². The highest BCUT2D eigenvalue weighted by Gasteiger charge is 2.33. The molecule has 1 aliphatic carbocycles. The molecule has 1 aromatic carbocycles. The highest BCUT2D eigenvalue weighted by Crippen LogP contribution is 2.37. The third-order valence-corrected chi connectivity index (χ3v) is 5.13. The predicted octanol–water partition coefficient (Wildman–Crippen LogP) is 5.23. The van der Waals surface area contributed by atoms with Crippen molar-refractivity contribution >= 4 is 0 Å². The maximum atomic E-state index is 3.93. The summed E-state index contributed by atoms with van der Waals surface area (Å²) in [6.07, 6.45) is 5.44. The van der Waals surface area contributed by atoms with Crippen LogP contribution in [0.4, 0.5) is 0 Å². The summed E-state index contributed by atoms with van der Waals surface area (Å²) in [5, 5.41) is 3.93. The van der Waals surface area contributed by atoms with Gasteiger partial charge in [-0.05, 0) is 62.6 Å². The van der Waals surface area contributed by atoms with Gasteiger partial charge < -0.3 is 5.32 Å². The lowest BCUT2D eigenvalue weighted by Crippen LogP contribution is -2.45. The molecule has 0 aromatic heterocycles. The Kier molecular flexibility index (Phi) is 4.59. The average molecular weight is 273 g/mol. The molecule has 2 atom stereocenters. The van der Waals surface area contributed by atoms with Crippen LogP contribution in [-0.2, 0) is 0 Å². The summed E-state index contributed by atoms with van der Waals surface area (Å²) in [5.74, 6) is 0. The van der Waals surface area contributed by atoms with Gasteiger partial charge in [0.05, 0.1) is 0 Å². The minimum atomic E-state index is 0.430. The lowest BCUT2D eigenvalue weighted by Gasteiger charge is -2.41. The molecule has 1 heteroatoms. The van der Waals surface area contributed by atoms with Crippen molar-refractivity contribution in [1.29, 1.82) is 0 Å². The molecule has 1 N–H and O–H groups in total. The molecule has 0 aliphatic heterocycles. The summed E-state index contributed by atoms with van der Waals surface area (Å²) in [6.45, 7) is 13.9. The van der Waals surface area contributed by atoms with Crippen molar-refractivity contribution in [2.75, 3.05) is 0 Å². The first-order valence-electron chi connectivity index (χ1n) is 8.15. The molecule has 0 radical (unpaired) electrons. The molecule has 0 amide bonds. The Hall–Kier alpha value is -0.820. The quantitative estimate of drug-likeness (QED) is 0.795. The highest BCUT2D eigenvalue weighted by molar-refractivity contribution is 5.39. The van der Waals surface area contributed by atoms with Gasteiger partial charge in [-0.15, -0.1) is 0 Å². The van der Waals surface area contributed by atoms with Crippen LogP contribution >= 0.6 is 0 Å². The van der Waals surface area contributed by atoms with E-state index in [2.05, 4.69) is 59.0 Å². The molecule has 0 spiro atoms. The summed E-state index contributed by atoms with van der Waals surface area (Å²) >= 11 is 0. The van der Waals surface area contributed by atoms with Crippen molar-refractivity contribution in [3.8, 4) is 0 Å². The van der Waals surface area contributed by atoms with Crippen LogP contribution in [0.15, 0.2) is 12.1 Å². The van der Waals surface area contributed by atoms with Gasteiger partial charge >= 0.3 is 0 Å². The van der Waals surface area contributed by atoms with Gasteiger partial charge in [0.15, 0.2) is 0 Å². The van der Waals surface area contributed by atoms with Gasteiger partial charge in [-0.2, -0.15) is 0 Å². The molecule has 1 fully saturated rings. The summed E-state index contributed by atoms with van der Waals surface area (Å²) in [4.78, 5) is 0. The van der Waals surface area contributed by atoms with Crippen molar-refractivity contribution in [2.24, 2.45) is 5.41 Å². The number of hydrogen-bond donors (Lipinski definition) is 1. The van der Waals surface area contributed by atoms with Crippen LogP contribution in [0.25, 0.3) is 0 Å². The fraction of sp³-hybridized carbons (Fsp3) is 0.684. The van der Waals surface area contributed by atoms with Gasteiger partial charge in [0, 0.05) is 12.1 Å². The van der Waals surface area contributed by atoms with Crippen LogP contribution in [-0.4, -0.2) is 6.04 Å². The predicted molar refractivity (Wildman–Crippen MR) is 88.2 cm³/mol. The van der Waals surface area contributed by atoms with E-state index in [9.17, 15) is 0 Å². The van der Waals surface area contributed by atoms with Crippen molar-refractivity contribution in [2.45, 2.75) is 79.3 Å². The summed E-state index contributed by atoms with van der Waals surface area (Å²) in [7, 11) is 0. The Morgan fingerprint density at radius 2 is 1.70 bits per heavy atom. The third kappa shape index (κ3) is 3.25. The summed E-state index contributed by atoms with van der Waals surface area (Å²) in [5.41, 5.74) is 6.15. The molecule has 1 aromatic rings. The maximum absolute atomic E-state index is 3.93. The van der Waals surface area contributed by atoms with E-state index in [-0.39, 0.29) is 0 Å². The number of aryl methyl sites for hydroxylation is 3. The molecule has 1 nitrogen and oxygen atoms in total. The standard InChI is InChI=1S/C19H31N/c1-13-11-14(2)18(15(3)12-13)16(4)20-17-9-7-8-10-19(17,5)6/h11-12,16-17,20H,7-10H2,1-6H3. The van der Waals surface area contributed by atoms with Crippen molar-refractivity contribution in [3.05, 3.63) is 34.4 Å². The minimum Gasteiger partial charge on any atom is -0.307 e. The smallest absolute Gasteiger partial charge is 0.0299 e. The van der Waals surface area contributed by atoms with Gasteiger partial charge in [-0.25, -0.2) is 0 Å². The van der Waals surface area contributed by atoms with Crippen LogP contribution in [0.5, 0.6) is 0 Å². The molecular weight excluding hydrogens is 242 g/mol. The van der Waals surface area contributed by atoms with Crippen LogP contribution in [0, 0.1) is 26.2 Å². The Bertz CT molecular complexity index is 450. The first-order valence-corrected chi connectivity index (χ1v) is 8.15. The van der Waals surface area contributed by atoms with Gasteiger partial charge in [-0.3, -0.25) is 0 Å². The van der Waals surface area contributed by atoms with E-state index >= 15 is 0 Å². The largest absolute Gasteiger partial charge is 0.307 e. The molecule has 1 saturated carbocycles. The zero-order valence-corrected chi connectivity index (χ0v) is 14.1. The van der Waals surface area contributed by atoms with E-state index in [1.165, 1.54) is 47.9 Å². The second kappa shape index (κ2) is 5.89. The van der Waals surface area contributed by atoms with Crippen LogP contribution in [0.3, 0.4) is 0 Å².